The lowest BCUT2D eigenvalue weighted by molar-refractivity contribution is -0.174. The van der Waals surface area contributed by atoms with Crippen LogP contribution >= 0.6 is 15.9 Å². The molecule has 2 aromatic rings. The predicted molar refractivity (Wildman–Crippen MR) is 77.7 cm³/mol. The fraction of sp³-hybridized carbons (Fsp3) is 0.357. The van der Waals surface area contributed by atoms with Crippen molar-refractivity contribution in [2.45, 2.75) is 19.1 Å². The van der Waals surface area contributed by atoms with E-state index in [2.05, 4.69) is 26.0 Å². The first-order chi connectivity index (χ1) is 10.3. The molecule has 1 aromatic heterocycles. The first kappa shape index (κ1) is 16.8. The van der Waals surface area contributed by atoms with E-state index in [1.165, 1.54) is 0 Å². The minimum atomic E-state index is -4.38. The van der Waals surface area contributed by atoms with Crippen LogP contribution < -0.4 is 5.32 Å². The number of benzene rings is 1. The zero-order valence-corrected chi connectivity index (χ0v) is 13.1. The van der Waals surface area contributed by atoms with Crippen LogP contribution in [0.1, 0.15) is 17.5 Å². The fourth-order valence-electron chi connectivity index (χ4n) is 1.83. The molecule has 0 aliphatic rings. The maximum atomic E-state index is 12.0. The van der Waals surface area contributed by atoms with Gasteiger partial charge in [0, 0.05) is 11.4 Å². The summed E-state index contributed by atoms with van der Waals surface area (Å²) < 4.78 is 46.5. The van der Waals surface area contributed by atoms with Gasteiger partial charge in [-0.25, -0.2) is 0 Å². The lowest BCUT2D eigenvalue weighted by Crippen LogP contribution is -2.36. The number of furan rings is 1. The Kier molecular flexibility index (Phi) is 5.12. The van der Waals surface area contributed by atoms with Gasteiger partial charge in [0.2, 0.25) is 0 Å². The van der Waals surface area contributed by atoms with Gasteiger partial charge < -0.3 is 14.5 Å². The number of rotatable bonds is 5. The molecule has 0 saturated heterocycles. The summed E-state index contributed by atoms with van der Waals surface area (Å²) in [5, 5.41) is 3.27. The highest BCUT2D eigenvalue weighted by Gasteiger charge is 2.27. The van der Waals surface area contributed by atoms with Crippen LogP contribution in [0.25, 0.3) is 11.0 Å². The van der Waals surface area contributed by atoms with Gasteiger partial charge in [-0.1, -0.05) is 12.1 Å². The van der Waals surface area contributed by atoms with Crippen molar-refractivity contribution in [2.75, 3.05) is 13.2 Å². The van der Waals surface area contributed by atoms with Crippen molar-refractivity contribution in [3.05, 3.63) is 34.5 Å². The van der Waals surface area contributed by atoms with Crippen LogP contribution in [0.5, 0.6) is 0 Å². The number of nitrogens with one attached hydrogen (secondary N) is 1. The first-order valence-corrected chi connectivity index (χ1v) is 7.19. The minimum Gasteiger partial charge on any atom is -0.450 e. The van der Waals surface area contributed by atoms with E-state index in [0.717, 1.165) is 5.39 Å². The molecular formula is C14H13BrF3NO3. The number of fused-ring (bicyclic) bond motifs is 1. The second kappa shape index (κ2) is 6.70. The molecule has 0 saturated carbocycles. The number of hydrogen-bond acceptors (Lipinski definition) is 3. The molecule has 1 heterocycles. The molecule has 0 aliphatic carbocycles. The van der Waals surface area contributed by atoms with Crippen LogP contribution in [0.3, 0.4) is 0 Å². The molecule has 1 N–H and O–H groups in total. The summed E-state index contributed by atoms with van der Waals surface area (Å²) in [6, 6.07) is 6.36. The number of carbonyl (C=O) groups excluding carboxylic acids is 1. The first-order valence-electron chi connectivity index (χ1n) is 6.39. The summed E-state index contributed by atoms with van der Waals surface area (Å²) in [5.41, 5.74) is 0.536. The molecule has 2 rings (SSSR count). The Morgan fingerprint density at radius 1 is 1.45 bits per heavy atom. The van der Waals surface area contributed by atoms with E-state index < -0.39 is 24.7 Å². The summed E-state index contributed by atoms with van der Waals surface area (Å²) >= 11 is 3.31. The molecular weight excluding hydrogens is 367 g/mol. The number of para-hydroxylation sites is 1. The monoisotopic (exact) mass is 379 g/mol. The number of alkyl halides is 3. The average molecular weight is 380 g/mol. The van der Waals surface area contributed by atoms with E-state index in [9.17, 15) is 18.0 Å². The maximum Gasteiger partial charge on any atom is 0.411 e. The third kappa shape index (κ3) is 4.48. The molecule has 1 aromatic carbocycles. The van der Waals surface area contributed by atoms with Crippen molar-refractivity contribution < 1.29 is 27.1 Å². The summed E-state index contributed by atoms with van der Waals surface area (Å²) in [6.07, 6.45) is -4.38. The second-order valence-electron chi connectivity index (χ2n) is 4.77. The molecule has 0 aliphatic heterocycles. The Labute approximate surface area is 132 Å². The Hall–Kier alpha value is -1.54. The van der Waals surface area contributed by atoms with Gasteiger partial charge in [-0.3, -0.25) is 4.79 Å². The van der Waals surface area contributed by atoms with Crippen molar-refractivity contribution in [1.82, 2.24) is 5.32 Å². The number of amides is 1. The Morgan fingerprint density at radius 2 is 2.18 bits per heavy atom. The van der Waals surface area contributed by atoms with Crippen molar-refractivity contribution in [3.8, 4) is 0 Å². The number of carbonyl (C=O) groups is 1. The third-order valence-electron chi connectivity index (χ3n) is 2.73. The van der Waals surface area contributed by atoms with E-state index >= 15 is 0 Å². The van der Waals surface area contributed by atoms with E-state index in [1.54, 1.807) is 31.2 Å². The zero-order valence-electron chi connectivity index (χ0n) is 11.5. The van der Waals surface area contributed by atoms with Gasteiger partial charge >= 0.3 is 6.18 Å². The van der Waals surface area contributed by atoms with Gasteiger partial charge in [0.25, 0.3) is 5.91 Å². The van der Waals surface area contributed by atoms with Crippen LogP contribution in [0.15, 0.2) is 33.2 Å². The number of ether oxygens (including phenoxy) is 1. The standard InChI is InChI=1S/C14H13BrF3NO3/c1-8(6-21-7-14(16,17)18)19-13(20)11-5-9-3-2-4-10(15)12(9)22-11/h2-5,8H,6-7H2,1H3,(H,19,20). The Bertz CT molecular complexity index is 669. The largest absolute Gasteiger partial charge is 0.450 e. The highest BCUT2D eigenvalue weighted by atomic mass is 79.9. The normalized spacial score (nSPS) is 13.3. The second-order valence-corrected chi connectivity index (χ2v) is 5.63. The predicted octanol–water partition coefficient (Wildman–Crippen LogP) is 3.89. The molecule has 8 heteroatoms. The summed E-state index contributed by atoms with van der Waals surface area (Å²) in [4.78, 5) is 12.0. The maximum absolute atomic E-state index is 12.0. The lowest BCUT2D eigenvalue weighted by atomic mass is 10.2. The van der Waals surface area contributed by atoms with Crippen LogP contribution in [0.2, 0.25) is 0 Å². The highest BCUT2D eigenvalue weighted by molar-refractivity contribution is 9.10. The molecule has 22 heavy (non-hydrogen) atoms. The van der Waals surface area contributed by atoms with Gasteiger partial charge in [0.15, 0.2) is 5.76 Å². The van der Waals surface area contributed by atoms with Crippen molar-refractivity contribution in [1.29, 1.82) is 0 Å². The van der Waals surface area contributed by atoms with Gasteiger partial charge in [-0.05, 0) is 35.0 Å². The van der Waals surface area contributed by atoms with Gasteiger partial charge in [-0.2, -0.15) is 13.2 Å². The molecule has 4 nitrogen and oxygen atoms in total. The Balaban J connectivity index is 1.94. The van der Waals surface area contributed by atoms with Crippen LogP contribution in [0, 0.1) is 0 Å². The SMILES string of the molecule is CC(COCC(F)(F)F)NC(=O)c1cc2cccc(Br)c2o1. The average Bonchev–Trinajstić information content (AvgIpc) is 2.82. The van der Waals surface area contributed by atoms with E-state index in [0.29, 0.717) is 10.1 Å². The summed E-state index contributed by atoms with van der Waals surface area (Å²) in [6.45, 7) is -0.0349. The molecule has 0 radical (unpaired) electrons. The molecule has 1 unspecified atom stereocenters. The smallest absolute Gasteiger partial charge is 0.411 e. The number of hydrogen-bond donors (Lipinski definition) is 1. The van der Waals surface area contributed by atoms with Crippen LogP contribution in [0.4, 0.5) is 13.2 Å². The zero-order chi connectivity index (χ0) is 16.3. The molecule has 0 spiro atoms. The highest BCUT2D eigenvalue weighted by Crippen LogP contribution is 2.26. The van der Waals surface area contributed by atoms with Crippen LogP contribution in [-0.4, -0.2) is 31.3 Å². The minimum absolute atomic E-state index is 0.0876. The third-order valence-corrected chi connectivity index (χ3v) is 3.36. The summed E-state index contributed by atoms with van der Waals surface area (Å²) in [5.74, 6) is -0.421. The fourth-order valence-corrected chi connectivity index (χ4v) is 2.29. The van der Waals surface area contributed by atoms with E-state index in [1.807, 2.05) is 0 Å². The van der Waals surface area contributed by atoms with Gasteiger partial charge in [-0.15, -0.1) is 0 Å². The molecule has 120 valence electrons. The van der Waals surface area contributed by atoms with Gasteiger partial charge in [0.1, 0.15) is 12.2 Å². The van der Waals surface area contributed by atoms with Gasteiger partial charge in [0.05, 0.1) is 11.1 Å². The number of halogens is 4. The van der Waals surface area contributed by atoms with Crippen molar-refractivity contribution in [3.63, 3.8) is 0 Å². The summed E-state index contributed by atoms with van der Waals surface area (Å²) in [7, 11) is 0. The Morgan fingerprint density at radius 3 is 2.82 bits per heavy atom. The van der Waals surface area contributed by atoms with Crippen molar-refractivity contribution in [2.24, 2.45) is 0 Å². The quantitative estimate of drug-likeness (QED) is 0.857. The van der Waals surface area contributed by atoms with Crippen LogP contribution in [-0.2, 0) is 4.74 Å². The molecule has 1 atom stereocenters. The molecule has 0 bridgehead atoms. The molecule has 0 fully saturated rings. The lowest BCUT2D eigenvalue weighted by Gasteiger charge is -2.14. The molecule has 1 amide bonds. The van der Waals surface area contributed by atoms with Crippen molar-refractivity contribution >= 4 is 32.8 Å². The topological polar surface area (TPSA) is 51.5 Å². The van der Waals surface area contributed by atoms with E-state index in [-0.39, 0.29) is 12.4 Å². The van der Waals surface area contributed by atoms with E-state index in [4.69, 9.17) is 4.42 Å².